The van der Waals surface area contributed by atoms with Crippen molar-refractivity contribution in [3.8, 4) is 11.5 Å². The van der Waals surface area contributed by atoms with Crippen LogP contribution in [0.5, 0.6) is 11.5 Å². The van der Waals surface area contributed by atoms with Gasteiger partial charge in [0.2, 0.25) is 11.6 Å². The first-order valence-corrected chi connectivity index (χ1v) is 19.4. The molecule has 15 heteroatoms. The molecule has 57 heavy (non-hydrogen) atoms. The van der Waals surface area contributed by atoms with Crippen LogP contribution in [0.2, 0.25) is 10.0 Å². The van der Waals surface area contributed by atoms with Crippen LogP contribution in [0.15, 0.2) is 84.9 Å². The Morgan fingerprint density at radius 1 is 0.596 bits per heavy atom. The maximum Gasteiger partial charge on any atom is 0.225 e. The van der Waals surface area contributed by atoms with Crippen molar-refractivity contribution in [3.63, 3.8) is 0 Å². The van der Waals surface area contributed by atoms with Gasteiger partial charge in [-0.1, -0.05) is 59.6 Å². The molecule has 2 aliphatic rings. The van der Waals surface area contributed by atoms with Gasteiger partial charge in [-0.25, -0.2) is 0 Å². The van der Waals surface area contributed by atoms with Crippen molar-refractivity contribution in [2.75, 3.05) is 26.4 Å². The topological polar surface area (TPSA) is 208 Å². The molecule has 10 atom stereocenters. The molecule has 0 radical (unpaired) electrons. The number of hydrogen-bond donors (Lipinski definition) is 8. The summed E-state index contributed by atoms with van der Waals surface area (Å²) in [4.78, 5) is 0. The number of aliphatic hydroxyl groups excluding tert-OH is 7. The normalized spacial score (nSPS) is 30.2. The van der Waals surface area contributed by atoms with E-state index < -0.39 is 73.6 Å². The summed E-state index contributed by atoms with van der Waals surface area (Å²) in [6.07, 6.45) is -13.9. The zero-order valence-electron chi connectivity index (χ0n) is 31.3. The van der Waals surface area contributed by atoms with Gasteiger partial charge in [0, 0.05) is 21.2 Å². The SMILES string of the molecule is CCOc1ccc(Cc2cc([C@]3(OC[C@H]4O[C@@](O)(c5ccc(Cl)c(Cc6ccc(OCC)cc6)c5)[C@H](O)[C@@H](O)[C@@H]4O)O[C@H](CO)[C@@H](O)[C@H](O)[C@H]3O)ccc2Cl)cc1. The van der Waals surface area contributed by atoms with Crippen LogP contribution in [0.1, 0.15) is 47.2 Å². The minimum absolute atomic E-state index is 0.00970. The van der Waals surface area contributed by atoms with Crippen molar-refractivity contribution >= 4 is 23.2 Å². The molecule has 0 bridgehead atoms. The molecule has 0 spiro atoms. The van der Waals surface area contributed by atoms with Crippen molar-refractivity contribution in [1.82, 2.24) is 0 Å². The molecule has 0 aromatic heterocycles. The summed E-state index contributed by atoms with van der Waals surface area (Å²) < 4.78 is 29.4. The summed E-state index contributed by atoms with van der Waals surface area (Å²) in [5.41, 5.74) is 2.96. The van der Waals surface area contributed by atoms with Crippen LogP contribution in [0.25, 0.3) is 0 Å². The fourth-order valence-electron chi connectivity index (χ4n) is 7.21. The summed E-state index contributed by atoms with van der Waals surface area (Å²) in [5.74, 6) is -3.57. The number of benzene rings is 4. The van der Waals surface area contributed by atoms with Gasteiger partial charge >= 0.3 is 0 Å². The molecular weight excluding hydrogens is 783 g/mol. The van der Waals surface area contributed by atoms with E-state index >= 15 is 0 Å². The summed E-state index contributed by atoms with van der Waals surface area (Å²) in [7, 11) is 0. The molecule has 4 aromatic rings. The molecule has 2 aliphatic heterocycles. The lowest BCUT2D eigenvalue weighted by atomic mass is 9.86. The second kappa shape index (κ2) is 18.3. The molecule has 0 saturated carbocycles. The minimum atomic E-state index is -2.61. The van der Waals surface area contributed by atoms with Crippen LogP contribution in [0.4, 0.5) is 0 Å². The first-order valence-electron chi connectivity index (χ1n) is 18.7. The number of halogens is 2. The van der Waals surface area contributed by atoms with Gasteiger partial charge in [0.15, 0.2) is 0 Å². The Balaban J connectivity index is 1.31. The average molecular weight is 832 g/mol. The van der Waals surface area contributed by atoms with Crippen molar-refractivity contribution in [3.05, 3.63) is 128 Å². The third-order valence-corrected chi connectivity index (χ3v) is 11.1. The second-order valence-corrected chi connectivity index (χ2v) is 15.0. The fourth-order valence-corrected chi connectivity index (χ4v) is 7.58. The Kier molecular flexibility index (Phi) is 13.8. The van der Waals surface area contributed by atoms with Gasteiger partial charge < -0.3 is 64.5 Å². The third-order valence-electron chi connectivity index (χ3n) is 10.4. The van der Waals surface area contributed by atoms with Gasteiger partial charge in [-0.15, -0.1) is 0 Å². The van der Waals surface area contributed by atoms with Crippen molar-refractivity contribution in [2.45, 2.75) is 87.1 Å². The Hall–Kier alpha value is -3.38. The van der Waals surface area contributed by atoms with Crippen LogP contribution in [0.3, 0.4) is 0 Å². The van der Waals surface area contributed by atoms with Crippen LogP contribution >= 0.6 is 23.2 Å². The molecule has 8 N–H and O–H groups in total. The highest BCUT2D eigenvalue weighted by Crippen LogP contribution is 2.43. The zero-order chi connectivity index (χ0) is 41.1. The first-order chi connectivity index (χ1) is 27.2. The van der Waals surface area contributed by atoms with Gasteiger partial charge in [0.1, 0.15) is 60.3 Å². The van der Waals surface area contributed by atoms with Crippen molar-refractivity contribution < 1.29 is 64.5 Å². The lowest BCUT2D eigenvalue weighted by Gasteiger charge is -2.50. The van der Waals surface area contributed by atoms with Crippen LogP contribution in [-0.2, 0) is 38.6 Å². The molecule has 0 amide bonds. The molecule has 0 unspecified atom stereocenters. The van der Waals surface area contributed by atoms with Crippen LogP contribution < -0.4 is 9.47 Å². The second-order valence-electron chi connectivity index (χ2n) is 14.1. The quantitative estimate of drug-likeness (QED) is 0.0922. The Morgan fingerprint density at radius 3 is 1.58 bits per heavy atom. The predicted octanol–water partition coefficient (Wildman–Crippen LogP) is 2.94. The molecule has 2 fully saturated rings. The van der Waals surface area contributed by atoms with E-state index in [4.69, 9.17) is 46.9 Å². The molecule has 0 aliphatic carbocycles. The molecule has 4 aromatic carbocycles. The van der Waals surface area contributed by atoms with E-state index in [1.165, 1.54) is 30.3 Å². The van der Waals surface area contributed by atoms with Gasteiger partial charge in [0.05, 0.1) is 26.4 Å². The number of hydrogen-bond acceptors (Lipinski definition) is 13. The summed E-state index contributed by atoms with van der Waals surface area (Å²) in [6.45, 7) is 3.26. The van der Waals surface area contributed by atoms with Crippen molar-refractivity contribution in [1.29, 1.82) is 0 Å². The number of ether oxygens (including phenoxy) is 5. The average Bonchev–Trinajstić information content (AvgIpc) is 3.21. The number of aliphatic hydroxyl groups is 8. The lowest BCUT2D eigenvalue weighted by molar-refractivity contribution is -0.397. The zero-order valence-corrected chi connectivity index (χ0v) is 32.8. The van der Waals surface area contributed by atoms with E-state index in [-0.39, 0.29) is 11.1 Å². The van der Waals surface area contributed by atoms with E-state index in [1.807, 2.05) is 62.4 Å². The van der Waals surface area contributed by atoms with Gasteiger partial charge in [-0.05, 0) is 97.5 Å². The van der Waals surface area contributed by atoms with E-state index in [1.54, 1.807) is 6.07 Å². The Morgan fingerprint density at radius 2 is 1.07 bits per heavy atom. The standard InChI is InChI=1S/C42H48Cl2O13/c1-3-53-29-11-5-23(6-12-29)17-25-19-27(9-15-31(25)43)41(52)39(50)37(48)36(47)34(56-41)22-55-42(40(51)38(49)35(46)33(21-45)57-42)28-10-16-32(44)26(20-28)18-24-7-13-30(14-8-24)54-4-2/h5-16,19-20,33-40,45-52H,3-4,17-18,21-22H2,1-2H3/t33-,34-,35-,36-,37+,38+,39-,40-,41+,42+/m1/s1. The van der Waals surface area contributed by atoms with E-state index in [2.05, 4.69) is 0 Å². The highest BCUT2D eigenvalue weighted by molar-refractivity contribution is 6.31. The molecule has 13 nitrogen and oxygen atoms in total. The lowest BCUT2D eigenvalue weighted by Crippen LogP contribution is -2.66. The van der Waals surface area contributed by atoms with Crippen LogP contribution in [-0.4, -0.2) is 116 Å². The fraction of sp³-hybridized carbons (Fsp3) is 0.429. The third kappa shape index (κ3) is 8.97. The van der Waals surface area contributed by atoms with Crippen molar-refractivity contribution in [2.24, 2.45) is 0 Å². The highest BCUT2D eigenvalue weighted by Gasteiger charge is 2.58. The largest absolute Gasteiger partial charge is 0.494 e. The maximum atomic E-state index is 12.0. The Bertz CT molecular complexity index is 1950. The molecular formula is C42H48Cl2O13. The summed E-state index contributed by atoms with van der Waals surface area (Å²) in [6, 6.07) is 23.7. The summed E-state index contributed by atoms with van der Waals surface area (Å²) in [5, 5.41) is 89.5. The molecule has 6 rings (SSSR count). The van der Waals surface area contributed by atoms with Crippen LogP contribution in [0, 0.1) is 0 Å². The Labute approximate surface area is 340 Å². The first kappa shape index (κ1) is 43.2. The monoisotopic (exact) mass is 830 g/mol. The highest BCUT2D eigenvalue weighted by atomic mass is 35.5. The van der Waals surface area contributed by atoms with E-state index in [0.717, 1.165) is 11.1 Å². The van der Waals surface area contributed by atoms with E-state index in [0.29, 0.717) is 58.7 Å². The minimum Gasteiger partial charge on any atom is -0.494 e. The maximum absolute atomic E-state index is 12.0. The molecule has 2 saturated heterocycles. The number of rotatable bonds is 14. The van der Waals surface area contributed by atoms with Gasteiger partial charge in [-0.2, -0.15) is 0 Å². The smallest absolute Gasteiger partial charge is 0.225 e. The van der Waals surface area contributed by atoms with Gasteiger partial charge in [-0.3, -0.25) is 0 Å². The molecule has 308 valence electrons. The summed E-state index contributed by atoms with van der Waals surface area (Å²) >= 11 is 13.2. The predicted molar refractivity (Wildman–Crippen MR) is 208 cm³/mol. The van der Waals surface area contributed by atoms with Gasteiger partial charge in [0.25, 0.3) is 0 Å². The van der Waals surface area contributed by atoms with E-state index in [9.17, 15) is 40.9 Å². The molecule has 2 heterocycles.